The van der Waals surface area contributed by atoms with Crippen LogP contribution in [0.2, 0.25) is 0 Å². The van der Waals surface area contributed by atoms with Crippen LogP contribution in [0, 0.1) is 11.3 Å². The van der Waals surface area contributed by atoms with Gasteiger partial charge in [0.05, 0.1) is 5.56 Å². The van der Waals surface area contributed by atoms with Gasteiger partial charge in [0.25, 0.3) is 0 Å². The molecule has 1 rings (SSSR count). The summed E-state index contributed by atoms with van der Waals surface area (Å²) >= 11 is 6.45. The first-order valence-electron chi connectivity index (χ1n) is 3.47. The van der Waals surface area contributed by atoms with Gasteiger partial charge in [0.2, 0.25) is 0 Å². The molecule has 0 amide bonds. The average molecular weight is 303 g/mol. The van der Waals surface area contributed by atoms with Crippen LogP contribution >= 0.6 is 31.9 Å². The van der Waals surface area contributed by atoms with Crippen LogP contribution in [0.3, 0.4) is 0 Å². The summed E-state index contributed by atoms with van der Waals surface area (Å²) in [5, 5.41) is 8.78. The molecule has 0 spiro atoms. The lowest BCUT2D eigenvalue weighted by molar-refractivity contribution is 0.101. The summed E-state index contributed by atoms with van der Waals surface area (Å²) in [6, 6.07) is 5.39. The Hall–Kier alpha value is -0.660. The summed E-state index contributed by atoms with van der Waals surface area (Å²) in [6.45, 7) is 1.47. The van der Waals surface area contributed by atoms with Crippen LogP contribution in [0.5, 0.6) is 0 Å². The highest BCUT2D eigenvalue weighted by Crippen LogP contribution is 2.28. The molecule has 0 atom stereocenters. The van der Waals surface area contributed by atoms with Crippen molar-refractivity contribution in [3.63, 3.8) is 0 Å². The maximum absolute atomic E-state index is 11.1. The molecule has 66 valence electrons. The van der Waals surface area contributed by atoms with Crippen molar-refractivity contribution in [2.45, 2.75) is 6.92 Å². The average Bonchev–Trinajstić information content (AvgIpc) is 2.04. The van der Waals surface area contributed by atoms with E-state index in [2.05, 4.69) is 31.9 Å². The highest BCUT2D eigenvalue weighted by atomic mass is 79.9. The predicted molar refractivity (Wildman–Crippen MR) is 56.6 cm³/mol. The Kier molecular flexibility index (Phi) is 3.23. The van der Waals surface area contributed by atoms with Crippen LogP contribution in [-0.4, -0.2) is 5.78 Å². The summed E-state index contributed by atoms with van der Waals surface area (Å²) in [4.78, 5) is 11.1. The first-order chi connectivity index (χ1) is 6.07. The molecule has 13 heavy (non-hydrogen) atoms. The Morgan fingerprint density at radius 3 is 2.54 bits per heavy atom. The SMILES string of the molecule is CC(=O)c1ccc(Br)c(C#N)c1Br. The van der Waals surface area contributed by atoms with E-state index in [4.69, 9.17) is 5.26 Å². The Labute approximate surface area is 92.8 Å². The molecule has 0 aliphatic rings. The maximum Gasteiger partial charge on any atom is 0.160 e. The van der Waals surface area contributed by atoms with Gasteiger partial charge in [0.15, 0.2) is 5.78 Å². The largest absolute Gasteiger partial charge is 0.294 e. The topological polar surface area (TPSA) is 40.9 Å². The van der Waals surface area contributed by atoms with Gasteiger partial charge in [-0.25, -0.2) is 0 Å². The fourth-order valence-electron chi connectivity index (χ4n) is 0.927. The fourth-order valence-corrected chi connectivity index (χ4v) is 2.33. The van der Waals surface area contributed by atoms with Crippen LogP contribution in [0.15, 0.2) is 21.1 Å². The van der Waals surface area contributed by atoms with Crippen LogP contribution in [0.4, 0.5) is 0 Å². The molecule has 0 aromatic heterocycles. The molecule has 1 aromatic rings. The first kappa shape index (κ1) is 10.4. The molecule has 0 radical (unpaired) electrons. The van der Waals surface area contributed by atoms with E-state index in [-0.39, 0.29) is 5.78 Å². The minimum atomic E-state index is -0.0594. The number of hydrogen-bond donors (Lipinski definition) is 0. The number of hydrogen-bond acceptors (Lipinski definition) is 2. The van der Waals surface area contributed by atoms with E-state index in [1.807, 2.05) is 6.07 Å². The minimum absolute atomic E-state index is 0.0594. The molecular weight excluding hydrogens is 298 g/mol. The lowest BCUT2D eigenvalue weighted by Crippen LogP contribution is -1.95. The van der Waals surface area contributed by atoms with Crippen molar-refractivity contribution < 1.29 is 4.79 Å². The molecule has 0 aliphatic carbocycles. The van der Waals surface area contributed by atoms with Crippen molar-refractivity contribution in [1.29, 1.82) is 5.26 Å². The minimum Gasteiger partial charge on any atom is -0.294 e. The van der Waals surface area contributed by atoms with Crippen molar-refractivity contribution in [2.24, 2.45) is 0 Å². The number of ketones is 1. The predicted octanol–water partition coefficient (Wildman–Crippen LogP) is 3.29. The molecule has 0 aliphatic heterocycles. The van der Waals surface area contributed by atoms with Gasteiger partial charge in [-0.05, 0) is 50.9 Å². The monoisotopic (exact) mass is 301 g/mol. The molecule has 0 saturated carbocycles. The number of nitriles is 1. The Bertz CT molecular complexity index is 407. The quantitative estimate of drug-likeness (QED) is 0.747. The molecular formula is C9H5Br2NO. The van der Waals surface area contributed by atoms with E-state index in [1.165, 1.54) is 6.92 Å². The molecule has 1 aromatic carbocycles. The molecule has 0 saturated heterocycles. The zero-order valence-corrected chi connectivity index (χ0v) is 9.94. The molecule has 0 bridgehead atoms. The summed E-state index contributed by atoms with van der Waals surface area (Å²) in [6.07, 6.45) is 0. The molecule has 0 heterocycles. The fraction of sp³-hybridized carbons (Fsp3) is 0.111. The van der Waals surface area contributed by atoms with Crippen molar-refractivity contribution in [1.82, 2.24) is 0 Å². The standard InChI is InChI=1S/C9H5Br2NO/c1-5(13)6-2-3-8(10)7(4-12)9(6)11/h2-3H,1H3. The van der Waals surface area contributed by atoms with Crippen LogP contribution < -0.4 is 0 Å². The summed E-state index contributed by atoms with van der Waals surface area (Å²) in [5.41, 5.74) is 0.979. The third-order valence-corrected chi connectivity index (χ3v) is 3.07. The van der Waals surface area contributed by atoms with Gasteiger partial charge >= 0.3 is 0 Å². The van der Waals surface area contributed by atoms with E-state index in [9.17, 15) is 4.79 Å². The number of benzene rings is 1. The highest BCUT2D eigenvalue weighted by Gasteiger charge is 2.11. The number of halogens is 2. The molecule has 2 nitrogen and oxygen atoms in total. The normalized spacial score (nSPS) is 9.38. The molecule has 4 heteroatoms. The van der Waals surface area contributed by atoms with Crippen molar-refractivity contribution in [2.75, 3.05) is 0 Å². The smallest absolute Gasteiger partial charge is 0.160 e. The van der Waals surface area contributed by atoms with Gasteiger partial charge in [-0.3, -0.25) is 4.79 Å². The third kappa shape index (κ3) is 1.98. The first-order valence-corrected chi connectivity index (χ1v) is 5.05. The number of carbonyl (C=O) groups is 1. The Morgan fingerprint density at radius 1 is 1.46 bits per heavy atom. The van der Waals surface area contributed by atoms with E-state index < -0.39 is 0 Å². The third-order valence-electron chi connectivity index (χ3n) is 1.58. The Morgan fingerprint density at radius 2 is 2.08 bits per heavy atom. The van der Waals surface area contributed by atoms with E-state index in [0.717, 1.165) is 0 Å². The second-order valence-corrected chi connectivity index (χ2v) is 4.10. The van der Waals surface area contributed by atoms with Gasteiger partial charge in [0, 0.05) is 14.5 Å². The highest BCUT2D eigenvalue weighted by molar-refractivity contribution is 9.11. The van der Waals surface area contributed by atoms with Crippen molar-refractivity contribution in [3.05, 3.63) is 32.2 Å². The van der Waals surface area contributed by atoms with E-state index >= 15 is 0 Å². The van der Waals surface area contributed by atoms with Gasteiger partial charge in [0.1, 0.15) is 6.07 Å². The van der Waals surface area contributed by atoms with E-state index in [0.29, 0.717) is 20.1 Å². The molecule has 0 unspecified atom stereocenters. The van der Waals surface area contributed by atoms with Crippen LogP contribution in [0.25, 0.3) is 0 Å². The van der Waals surface area contributed by atoms with E-state index in [1.54, 1.807) is 12.1 Å². The maximum atomic E-state index is 11.1. The second kappa shape index (κ2) is 4.03. The number of Topliss-reactive ketones (excluding diaryl/α,β-unsaturated/α-hetero) is 1. The number of carbonyl (C=O) groups excluding carboxylic acids is 1. The van der Waals surface area contributed by atoms with Gasteiger partial charge < -0.3 is 0 Å². The molecule has 0 fully saturated rings. The zero-order valence-electron chi connectivity index (χ0n) is 6.77. The second-order valence-electron chi connectivity index (χ2n) is 2.45. The zero-order chi connectivity index (χ0) is 10.0. The van der Waals surface area contributed by atoms with Gasteiger partial charge in [-0.2, -0.15) is 5.26 Å². The Balaban J connectivity index is 3.47. The lowest BCUT2D eigenvalue weighted by Gasteiger charge is -2.03. The van der Waals surface area contributed by atoms with Crippen LogP contribution in [-0.2, 0) is 0 Å². The number of rotatable bonds is 1. The summed E-state index contributed by atoms with van der Waals surface area (Å²) in [5.74, 6) is -0.0594. The number of nitrogens with zero attached hydrogens (tertiary/aromatic N) is 1. The molecule has 0 N–H and O–H groups in total. The lowest BCUT2D eigenvalue weighted by atomic mass is 10.1. The van der Waals surface area contributed by atoms with Crippen LogP contribution in [0.1, 0.15) is 22.8 Å². The van der Waals surface area contributed by atoms with Gasteiger partial charge in [-0.15, -0.1) is 0 Å². The van der Waals surface area contributed by atoms with Crippen molar-refractivity contribution >= 4 is 37.6 Å². The summed E-state index contributed by atoms with van der Waals surface area (Å²) < 4.78 is 1.24. The van der Waals surface area contributed by atoms with Crippen molar-refractivity contribution in [3.8, 4) is 6.07 Å². The van der Waals surface area contributed by atoms with Gasteiger partial charge in [-0.1, -0.05) is 0 Å². The summed E-state index contributed by atoms with van der Waals surface area (Å²) in [7, 11) is 0.